The van der Waals surface area contributed by atoms with Gasteiger partial charge in [0.05, 0.1) is 19.8 Å². The first-order chi connectivity index (χ1) is 17.3. The van der Waals surface area contributed by atoms with Crippen LogP contribution < -0.4 is 5.32 Å². The van der Waals surface area contributed by atoms with Crippen molar-refractivity contribution in [3.8, 4) is 0 Å². The molecular weight excluding hydrogens is 576 g/mol. The largest absolute Gasteiger partial charge is 0.365 e. The summed E-state index contributed by atoms with van der Waals surface area (Å²) in [6.45, 7) is 2.75. The number of nitrogens with one attached hydrogen (secondary N) is 1. The van der Waals surface area contributed by atoms with E-state index in [0.29, 0.717) is 27.3 Å². The monoisotopic (exact) mass is 599 g/mol. The number of ether oxygens (including phenoxy) is 1. The van der Waals surface area contributed by atoms with Crippen LogP contribution in [0, 0.1) is 6.92 Å². The molecule has 0 aliphatic carbocycles. The molecule has 0 fully saturated rings. The van der Waals surface area contributed by atoms with Crippen molar-refractivity contribution in [3.63, 3.8) is 0 Å². The number of rotatable bonds is 9. The first kappa shape index (κ1) is 29.4. The van der Waals surface area contributed by atoms with Crippen molar-refractivity contribution in [2.24, 2.45) is 0 Å². The van der Waals surface area contributed by atoms with Crippen LogP contribution in [0.25, 0.3) is 0 Å². The first-order valence-corrected chi connectivity index (χ1v) is 12.9. The topological polar surface area (TPSA) is 44.8 Å². The van der Waals surface area contributed by atoms with E-state index in [4.69, 9.17) is 51.1 Å². The van der Waals surface area contributed by atoms with E-state index in [-0.39, 0.29) is 31.5 Å². The molecule has 10 heteroatoms. The minimum atomic E-state index is -0.576. The summed E-state index contributed by atoms with van der Waals surface area (Å²) < 4.78 is 6.28. The molecule has 4 rings (SSSR count). The van der Waals surface area contributed by atoms with Gasteiger partial charge in [0, 0.05) is 38.7 Å². The third kappa shape index (κ3) is 7.70. The van der Waals surface area contributed by atoms with E-state index in [1.165, 1.54) is 0 Å². The maximum Gasteiger partial charge on any atom is 0.243 e. The molecule has 1 amide bonds. The highest BCUT2D eigenvalue weighted by molar-refractivity contribution is 6.36. The Balaban J connectivity index is 0.00000380. The number of amides is 1. The van der Waals surface area contributed by atoms with Crippen molar-refractivity contribution in [2.45, 2.75) is 25.1 Å². The second kappa shape index (κ2) is 13.6. The van der Waals surface area contributed by atoms with E-state index < -0.39 is 11.6 Å². The normalized spacial score (nSPS) is 14.3. The fraction of sp³-hybridized carbons (Fsp3) is 0.222. The van der Waals surface area contributed by atoms with Gasteiger partial charge < -0.3 is 19.9 Å². The summed E-state index contributed by atoms with van der Waals surface area (Å²) in [4.78, 5) is 16.4. The zero-order valence-corrected chi connectivity index (χ0v) is 23.8. The Labute approximate surface area is 243 Å². The summed E-state index contributed by atoms with van der Waals surface area (Å²) in [7, 11) is 0. The van der Waals surface area contributed by atoms with Crippen LogP contribution in [0.4, 0.5) is 5.69 Å². The molecule has 0 saturated heterocycles. The van der Waals surface area contributed by atoms with E-state index in [9.17, 15) is 4.79 Å². The van der Waals surface area contributed by atoms with Crippen molar-refractivity contribution >= 4 is 70.4 Å². The van der Waals surface area contributed by atoms with Crippen molar-refractivity contribution in [1.82, 2.24) is 9.80 Å². The third-order valence-corrected chi connectivity index (χ3v) is 7.25. The molecule has 1 aliphatic heterocycles. The minimum absolute atomic E-state index is 0. The van der Waals surface area contributed by atoms with Crippen LogP contribution in [0.5, 0.6) is 0 Å². The lowest BCUT2D eigenvalue weighted by Gasteiger charge is -2.31. The number of anilines is 1. The Morgan fingerprint density at radius 1 is 0.973 bits per heavy atom. The Morgan fingerprint density at radius 2 is 1.65 bits per heavy atom. The maximum absolute atomic E-state index is 12.6. The van der Waals surface area contributed by atoms with E-state index in [1.807, 2.05) is 65.5 Å². The molecule has 2 unspecified atom stereocenters. The number of hydrogen-bond donors (Lipinski definition) is 1. The molecule has 0 radical (unpaired) electrons. The molecule has 1 heterocycles. The van der Waals surface area contributed by atoms with Crippen molar-refractivity contribution < 1.29 is 9.53 Å². The van der Waals surface area contributed by atoms with Crippen LogP contribution in [0.3, 0.4) is 0 Å². The summed E-state index contributed by atoms with van der Waals surface area (Å²) in [6.07, 6.45) is 3.17. The molecule has 37 heavy (non-hydrogen) atoms. The standard InChI is InChI=1S/C27H25Cl4N3O2.ClH/c1-18-5-2-3-8-24(18)32-25(35)15-33-13-14-34(17-33)27(31)26(19-9-11-20(28)12-10-19)36-16-21-22(29)6-4-7-23(21)30;/h2-14,26-27H,15-17H2,1H3,(H,32,35);1H. The molecule has 1 aliphatic rings. The zero-order valence-electron chi connectivity index (χ0n) is 19.9. The lowest BCUT2D eigenvalue weighted by Crippen LogP contribution is -2.38. The van der Waals surface area contributed by atoms with Gasteiger partial charge in [0.15, 0.2) is 0 Å². The van der Waals surface area contributed by atoms with Gasteiger partial charge in [-0.3, -0.25) is 4.79 Å². The van der Waals surface area contributed by atoms with Crippen molar-refractivity contribution in [2.75, 3.05) is 18.5 Å². The fourth-order valence-corrected chi connectivity index (χ4v) is 4.82. The van der Waals surface area contributed by atoms with Crippen LogP contribution in [0.15, 0.2) is 79.1 Å². The molecule has 3 aromatic carbocycles. The molecule has 0 saturated carbocycles. The van der Waals surface area contributed by atoms with E-state index in [0.717, 1.165) is 16.8 Å². The number of benzene rings is 3. The summed E-state index contributed by atoms with van der Waals surface area (Å²) >= 11 is 25.7. The molecule has 3 aromatic rings. The Morgan fingerprint density at radius 3 is 2.32 bits per heavy atom. The number of carbonyl (C=O) groups excluding carboxylic acids is 1. The number of nitrogens with zero attached hydrogens (tertiary/aromatic N) is 2. The number of aryl methyl sites for hydroxylation is 1. The number of alkyl halides is 1. The molecule has 5 nitrogen and oxygen atoms in total. The molecule has 196 valence electrons. The van der Waals surface area contributed by atoms with Crippen molar-refractivity contribution in [3.05, 3.63) is 111 Å². The average Bonchev–Trinajstić information content (AvgIpc) is 3.31. The smallest absolute Gasteiger partial charge is 0.243 e. The highest BCUT2D eigenvalue weighted by atomic mass is 35.5. The summed E-state index contributed by atoms with van der Waals surface area (Å²) in [5.41, 5.74) is 2.77. The SMILES string of the molecule is Cc1ccccc1NC(=O)CN1C=CN(C(Cl)C(OCc2c(Cl)cccc2Cl)c2ccc(Cl)cc2)C1.Cl. The maximum atomic E-state index is 12.6. The molecule has 1 N–H and O–H groups in total. The summed E-state index contributed by atoms with van der Waals surface area (Å²) in [5, 5.41) is 4.62. The van der Waals surface area contributed by atoms with Gasteiger partial charge in [0.1, 0.15) is 11.6 Å². The van der Waals surface area contributed by atoms with Gasteiger partial charge >= 0.3 is 0 Å². The van der Waals surface area contributed by atoms with Gasteiger partial charge in [-0.05, 0) is 48.4 Å². The molecule has 0 aromatic heterocycles. The summed E-state index contributed by atoms with van der Waals surface area (Å²) in [5.74, 6) is -0.110. The van der Waals surface area contributed by atoms with Gasteiger partial charge in [-0.15, -0.1) is 12.4 Å². The fourth-order valence-electron chi connectivity index (χ4n) is 3.84. The average molecular weight is 602 g/mol. The Hall–Kier alpha value is -2.12. The van der Waals surface area contributed by atoms with Crippen molar-refractivity contribution in [1.29, 1.82) is 0 Å². The van der Waals surface area contributed by atoms with Crippen LogP contribution in [0.2, 0.25) is 15.1 Å². The van der Waals surface area contributed by atoms with Gasteiger partial charge in [0.25, 0.3) is 0 Å². The molecule has 0 spiro atoms. The van der Waals surface area contributed by atoms with Crippen LogP contribution in [0.1, 0.15) is 22.8 Å². The molecular formula is C27H26Cl5N3O2. The third-order valence-electron chi connectivity index (χ3n) is 5.81. The van der Waals surface area contributed by atoms with Crippen LogP contribution >= 0.6 is 58.8 Å². The highest BCUT2D eigenvalue weighted by Gasteiger charge is 2.30. The second-order valence-corrected chi connectivity index (χ2v) is 10.1. The molecule has 0 bridgehead atoms. The van der Waals surface area contributed by atoms with Crippen LogP contribution in [-0.2, 0) is 16.1 Å². The number of carbonyl (C=O) groups is 1. The lowest BCUT2D eigenvalue weighted by molar-refractivity contribution is -0.117. The Bertz CT molecular complexity index is 1220. The van der Waals surface area contributed by atoms with E-state index >= 15 is 0 Å². The van der Waals surface area contributed by atoms with Crippen LogP contribution in [-0.4, -0.2) is 34.4 Å². The molecule has 2 atom stereocenters. The number of halogens is 5. The van der Waals surface area contributed by atoms with E-state index in [2.05, 4.69) is 5.32 Å². The zero-order chi connectivity index (χ0) is 25.7. The van der Waals surface area contributed by atoms with Gasteiger partial charge in [-0.1, -0.05) is 82.8 Å². The predicted molar refractivity (Wildman–Crippen MR) is 155 cm³/mol. The number of hydrogen-bond acceptors (Lipinski definition) is 4. The quantitative estimate of drug-likeness (QED) is 0.200. The lowest BCUT2D eigenvalue weighted by atomic mass is 10.1. The second-order valence-electron chi connectivity index (χ2n) is 8.42. The van der Waals surface area contributed by atoms with E-state index in [1.54, 1.807) is 30.3 Å². The predicted octanol–water partition coefficient (Wildman–Crippen LogP) is 7.88. The Kier molecular flexibility index (Phi) is 10.8. The van der Waals surface area contributed by atoms with Gasteiger partial charge in [-0.2, -0.15) is 0 Å². The minimum Gasteiger partial charge on any atom is -0.365 e. The van der Waals surface area contributed by atoms with Gasteiger partial charge in [-0.25, -0.2) is 0 Å². The van der Waals surface area contributed by atoms with Gasteiger partial charge in [0.2, 0.25) is 5.91 Å². The first-order valence-electron chi connectivity index (χ1n) is 11.3. The highest BCUT2D eigenvalue weighted by Crippen LogP contribution is 2.33. The summed E-state index contributed by atoms with van der Waals surface area (Å²) in [6, 6.07) is 20.3. The number of para-hydroxylation sites is 1.